The van der Waals surface area contributed by atoms with Crippen LogP contribution in [-0.2, 0) is 16.6 Å². The summed E-state index contributed by atoms with van der Waals surface area (Å²) in [7, 11) is 0. The van der Waals surface area contributed by atoms with Crippen LogP contribution in [-0.4, -0.2) is 77.4 Å². The molecule has 0 atom stereocenters. The highest BCUT2D eigenvalue weighted by molar-refractivity contribution is 7.15. The number of amides is 3. The molecule has 0 saturated carbocycles. The van der Waals surface area contributed by atoms with Crippen LogP contribution >= 0.6 is 11.3 Å². The van der Waals surface area contributed by atoms with E-state index >= 15 is 0 Å². The largest absolute Gasteiger partial charge is 0.342 e. The molecule has 2 heterocycles. The van der Waals surface area contributed by atoms with Gasteiger partial charge in [0.15, 0.2) is 5.13 Å². The number of carbonyl (C=O) groups is 2. The Morgan fingerprint density at radius 2 is 1.86 bits per heavy atom. The molecule has 1 fully saturated rings. The minimum atomic E-state index is -0.0846. The van der Waals surface area contributed by atoms with Gasteiger partial charge < -0.3 is 9.80 Å². The molecule has 1 aromatic rings. The number of carbonyl (C=O) groups excluding carboxylic acids is 2. The standard InChI is InChI=1S/C20H33N5O2S/c1-5-24(6-2)16(26)14-23-10-12-25(13-11-23)19(27)22-18-21-17-15(28-18)8-7-9-20(17,3)4/h5-14H2,1-4H3,(H,21,22,27). The number of urea groups is 1. The van der Waals surface area contributed by atoms with Crippen LogP contribution in [0.1, 0.15) is 51.1 Å². The molecule has 7 nitrogen and oxygen atoms in total. The number of anilines is 1. The lowest BCUT2D eigenvalue weighted by Gasteiger charge is -2.35. The Morgan fingerprint density at radius 1 is 1.18 bits per heavy atom. The van der Waals surface area contributed by atoms with Gasteiger partial charge in [0.2, 0.25) is 5.91 Å². The van der Waals surface area contributed by atoms with Gasteiger partial charge in [0.1, 0.15) is 0 Å². The highest BCUT2D eigenvalue weighted by Crippen LogP contribution is 2.40. The summed E-state index contributed by atoms with van der Waals surface area (Å²) < 4.78 is 0. The minimum absolute atomic E-state index is 0.0846. The van der Waals surface area contributed by atoms with Crippen molar-refractivity contribution in [2.45, 2.75) is 52.4 Å². The second-order valence-electron chi connectivity index (χ2n) is 8.29. The van der Waals surface area contributed by atoms with Crippen molar-refractivity contribution in [1.29, 1.82) is 0 Å². The van der Waals surface area contributed by atoms with Crippen molar-refractivity contribution >= 4 is 28.4 Å². The lowest BCUT2D eigenvalue weighted by atomic mass is 9.79. The quantitative estimate of drug-likeness (QED) is 0.815. The van der Waals surface area contributed by atoms with Crippen LogP contribution in [0.3, 0.4) is 0 Å². The van der Waals surface area contributed by atoms with Gasteiger partial charge in [-0.05, 0) is 33.1 Å². The van der Waals surface area contributed by atoms with Crippen LogP contribution in [0.25, 0.3) is 0 Å². The molecule has 1 saturated heterocycles. The summed E-state index contributed by atoms with van der Waals surface area (Å²) in [6, 6.07) is -0.0846. The third kappa shape index (κ3) is 4.66. The van der Waals surface area contributed by atoms with Crippen LogP contribution in [0, 0.1) is 0 Å². The van der Waals surface area contributed by atoms with Crippen LogP contribution in [0.2, 0.25) is 0 Å². The summed E-state index contributed by atoms with van der Waals surface area (Å²) in [4.78, 5) is 36.8. The molecule has 1 aliphatic heterocycles. The van der Waals surface area contributed by atoms with E-state index in [2.05, 4.69) is 24.1 Å². The molecule has 156 valence electrons. The molecule has 28 heavy (non-hydrogen) atoms. The summed E-state index contributed by atoms with van der Waals surface area (Å²) in [5, 5.41) is 3.71. The van der Waals surface area contributed by atoms with Gasteiger partial charge in [0.25, 0.3) is 0 Å². The Kier molecular flexibility index (Phi) is 6.60. The molecule has 2 aliphatic rings. The first kappa shape index (κ1) is 21.0. The van der Waals surface area contributed by atoms with Crippen LogP contribution < -0.4 is 5.32 Å². The summed E-state index contributed by atoms with van der Waals surface area (Å²) >= 11 is 1.62. The zero-order valence-electron chi connectivity index (χ0n) is 17.6. The van der Waals surface area contributed by atoms with Gasteiger partial charge in [0.05, 0.1) is 12.2 Å². The Balaban J connectivity index is 1.51. The summed E-state index contributed by atoms with van der Waals surface area (Å²) in [5.74, 6) is 0.166. The van der Waals surface area contributed by atoms with E-state index in [0.29, 0.717) is 24.8 Å². The lowest BCUT2D eigenvalue weighted by Crippen LogP contribution is -2.52. The third-order valence-corrected chi connectivity index (χ3v) is 6.92. The molecule has 0 radical (unpaired) electrons. The number of rotatable bonds is 5. The van der Waals surface area contributed by atoms with Gasteiger partial charge in [-0.1, -0.05) is 13.8 Å². The first-order valence-electron chi connectivity index (χ1n) is 10.4. The summed E-state index contributed by atoms with van der Waals surface area (Å²) in [5.41, 5.74) is 1.24. The maximum absolute atomic E-state index is 12.7. The van der Waals surface area contributed by atoms with E-state index in [1.807, 2.05) is 23.6 Å². The van der Waals surface area contributed by atoms with Crippen LogP contribution in [0.4, 0.5) is 9.93 Å². The normalized spacial score (nSPS) is 19.2. The zero-order chi connectivity index (χ0) is 20.3. The SMILES string of the molecule is CCN(CC)C(=O)CN1CCN(C(=O)Nc2nc3c(s2)CCCC3(C)C)CC1. The topological polar surface area (TPSA) is 68.8 Å². The van der Waals surface area contributed by atoms with Gasteiger partial charge in [-0.25, -0.2) is 9.78 Å². The number of likely N-dealkylation sites (N-methyl/N-ethyl adjacent to an activating group) is 1. The number of hydrogen-bond donors (Lipinski definition) is 1. The molecule has 1 N–H and O–H groups in total. The van der Waals surface area contributed by atoms with Gasteiger partial charge >= 0.3 is 6.03 Å². The van der Waals surface area contributed by atoms with Crippen LogP contribution in [0.15, 0.2) is 0 Å². The fourth-order valence-electron chi connectivity index (χ4n) is 4.06. The number of nitrogens with one attached hydrogen (secondary N) is 1. The summed E-state index contributed by atoms with van der Waals surface area (Å²) in [6.45, 7) is 13.1. The first-order valence-corrected chi connectivity index (χ1v) is 11.2. The maximum atomic E-state index is 12.7. The lowest BCUT2D eigenvalue weighted by molar-refractivity contribution is -0.132. The molecule has 8 heteroatoms. The highest BCUT2D eigenvalue weighted by atomic mass is 32.1. The summed E-state index contributed by atoms with van der Waals surface area (Å²) in [6.07, 6.45) is 3.39. The average molecular weight is 408 g/mol. The molecule has 3 amide bonds. The first-order chi connectivity index (χ1) is 13.3. The van der Waals surface area contributed by atoms with Crippen molar-refractivity contribution in [1.82, 2.24) is 19.7 Å². The van der Waals surface area contributed by atoms with E-state index in [-0.39, 0.29) is 17.4 Å². The Labute approximate surface area is 172 Å². The van der Waals surface area contributed by atoms with E-state index in [1.165, 1.54) is 11.3 Å². The smallest absolute Gasteiger partial charge is 0.323 e. The molecule has 0 bridgehead atoms. The number of nitrogens with zero attached hydrogens (tertiary/aromatic N) is 4. The average Bonchev–Trinajstić information content (AvgIpc) is 3.07. The fraction of sp³-hybridized carbons (Fsp3) is 0.750. The molecule has 1 aromatic heterocycles. The number of thiazole rings is 1. The van der Waals surface area contributed by atoms with Crippen LogP contribution in [0.5, 0.6) is 0 Å². The van der Waals surface area contributed by atoms with Crippen molar-refractivity contribution < 1.29 is 9.59 Å². The van der Waals surface area contributed by atoms with Crippen molar-refractivity contribution in [2.75, 3.05) is 51.1 Å². The fourth-order valence-corrected chi connectivity index (χ4v) is 5.23. The van der Waals surface area contributed by atoms with E-state index < -0.39 is 0 Å². The van der Waals surface area contributed by atoms with E-state index in [1.54, 1.807) is 11.3 Å². The molecule has 3 rings (SSSR count). The molecule has 1 aliphatic carbocycles. The van der Waals surface area contributed by atoms with Gasteiger partial charge in [-0.2, -0.15) is 0 Å². The second-order valence-corrected chi connectivity index (χ2v) is 9.37. The molecule has 0 aromatic carbocycles. The molecule has 0 unspecified atom stereocenters. The predicted molar refractivity (Wildman–Crippen MR) is 113 cm³/mol. The van der Waals surface area contributed by atoms with Crippen molar-refractivity contribution in [3.05, 3.63) is 10.6 Å². The number of aryl methyl sites for hydroxylation is 1. The number of fused-ring (bicyclic) bond motifs is 1. The van der Waals surface area contributed by atoms with Crippen molar-refractivity contribution in [2.24, 2.45) is 0 Å². The van der Waals surface area contributed by atoms with Crippen molar-refractivity contribution in [3.8, 4) is 0 Å². The van der Waals surface area contributed by atoms with Gasteiger partial charge in [-0.15, -0.1) is 11.3 Å². The molecular formula is C20H33N5O2S. The monoisotopic (exact) mass is 407 g/mol. The van der Waals surface area contributed by atoms with Gasteiger partial charge in [0, 0.05) is 49.6 Å². The number of aromatic nitrogens is 1. The van der Waals surface area contributed by atoms with Crippen molar-refractivity contribution in [3.63, 3.8) is 0 Å². The number of piperazine rings is 1. The maximum Gasteiger partial charge on any atom is 0.323 e. The van der Waals surface area contributed by atoms with E-state index in [0.717, 1.165) is 44.7 Å². The Morgan fingerprint density at radius 3 is 2.46 bits per heavy atom. The second kappa shape index (κ2) is 8.78. The van der Waals surface area contributed by atoms with Gasteiger partial charge in [-0.3, -0.25) is 15.0 Å². The predicted octanol–water partition coefficient (Wildman–Crippen LogP) is 2.77. The Hall–Kier alpha value is -1.67. The Bertz CT molecular complexity index is 705. The van der Waals surface area contributed by atoms with E-state index in [9.17, 15) is 9.59 Å². The third-order valence-electron chi connectivity index (χ3n) is 5.89. The molecular weight excluding hydrogens is 374 g/mol. The minimum Gasteiger partial charge on any atom is -0.342 e. The molecule has 0 spiro atoms. The number of hydrogen-bond acceptors (Lipinski definition) is 5. The highest BCUT2D eigenvalue weighted by Gasteiger charge is 2.32. The van der Waals surface area contributed by atoms with E-state index in [4.69, 9.17) is 4.98 Å². The zero-order valence-corrected chi connectivity index (χ0v) is 18.4.